The summed E-state index contributed by atoms with van der Waals surface area (Å²) in [5.41, 5.74) is 7.60. The van der Waals surface area contributed by atoms with Gasteiger partial charge in [0.25, 0.3) is 0 Å². The predicted molar refractivity (Wildman–Crippen MR) is 210 cm³/mol. The Kier molecular flexibility index (Phi) is 10.8. The van der Waals surface area contributed by atoms with E-state index in [0.29, 0.717) is 5.92 Å². The SMILES string of the molecule is CC(C)(C)C(=O)/C=C(\O)C(C)(C)C.Cc1c(-c2ccccc2)ccc2c1oc1c(-c3[c-]c4ccc5ccccc5c4c(C(C)C)c3)nccc12.[Ir]. The van der Waals surface area contributed by atoms with Gasteiger partial charge in [0.15, 0.2) is 5.78 Å². The zero-order chi connectivity index (χ0) is 36.0. The van der Waals surface area contributed by atoms with Crippen molar-refractivity contribution in [2.45, 2.75) is 68.2 Å². The summed E-state index contributed by atoms with van der Waals surface area (Å²) < 4.78 is 6.63. The molecule has 2 heterocycles. The van der Waals surface area contributed by atoms with Gasteiger partial charge in [-0.15, -0.1) is 29.1 Å². The maximum absolute atomic E-state index is 11.5. The van der Waals surface area contributed by atoms with Gasteiger partial charge in [0.1, 0.15) is 16.9 Å². The van der Waals surface area contributed by atoms with Crippen LogP contribution < -0.4 is 0 Å². The molecule has 0 aliphatic rings. The monoisotopic (exact) mass is 853 g/mol. The molecule has 0 saturated carbocycles. The molecule has 4 nitrogen and oxygen atoms in total. The molecule has 263 valence electrons. The zero-order valence-electron chi connectivity index (χ0n) is 30.9. The van der Waals surface area contributed by atoms with Gasteiger partial charge >= 0.3 is 0 Å². The fourth-order valence-electron chi connectivity index (χ4n) is 6.26. The van der Waals surface area contributed by atoms with Gasteiger partial charge in [-0.05, 0) is 46.9 Å². The first-order chi connectivity index (χ1) is 23.6. The first kappa shape index (κ1) is 37.7. The normalized spacial score (nSPS) is 12.3. The summed E-state index contributed by atoms with van der Waals surface area (Å²) in [5, 5.41) is 16.7. The molecule has 0 fully saturated rings. The number of ketones is 1. The Morgan fingerprint density at radius 1 is 0.804 bits per heavy atom. The van der Waals surface area contributed by atoms with Crippen molar-refractivity contribution in [3.63, 3.8) is 0 Å². The van der Waals surface area contributed by atoms with Crippen molar-refractivity contribution >= 4 is 49.3 Å². The summed E-state index contributed by atoms with van der Waals surface area (Å²) >= 11 is 0. The topological polar surface area (TPSA) is 63.3 Å². The van der Waals surface area contributed by atoms with Gasteiger partial charge in [0, 0.05) is 65.2 Å². The summed E-state index contributed by atoms with van der Waals surface area (Å²) in [4.78, 5) is 16.3. The average Bonchev–Trinajstić information content (AvgIpc) is 3.47. The van der Waals surface area contributed by atoms with Crippen molar-refractivity contribution in [1.82, 2.24) is 4.98 Å². The van der Waals surface area contributed by atoms with E-state index in [-0.39, 0.29) is 37.1 Å². The van der Waals surface area contributed by atoms with Crippen LogP contribution >= 0.6 is 0 Å². The van der Waals surface area contributed by atoms with Crippen LogP contribution in [0.4, 0.5) is 0 Å². The number of furan rings is 1. The van der Waals surface area contributed by atoms with Crippen LogP contribution in [0.1, 0.15) is 72.4 Å². The number of aliphatic hydroxyl groups is 1. The van der Waals surface area contributed by atoms with Crippen molar-refractivity contribution in [3.8, 4) is 22.4 Å². The first-order valence-corrected chi connectivity index (χ1v) is 17.3. The molecule has 0 atom stereocenters. The number of aliphatic hydroxyl groups excluding tert-OH is 1. The van der Waals surface area contributed by atoms with Crippen LogP contribution in [0.2, 0.25) is 0 Å². The number of benzene rings is 5. The molecule has 1 N–H and O–H groups in total. The zero-order valence-corrected chi connectivity index (χ0v) is 33.3. The molecular weight excluding hydrogens is 807 g/mol. The smallest absolute Gasteiger partial charge is 0.164 e. The number of hydrogen-bond acceptors (Lipinski definition) is 4. The van der Waals surface area contributed by atoms with E-state index in [2.05, 4.69) is 112 Å². The molecule has 5 heteroatoms. The second kappa shape index (κ2) is 14.6. The molecule has 0 spiro atoms. The van der Waals surface area contributed by atoms with Gasteiger partial charge in [-0.2, -0.15) is 0 Å². The molecule has 51 heavy (non-hydrogen) atoms. The maximum Gasteiger partial charge on any atom is 0.164 e. The quantitative estimate of drug-likeness (QED) is 0.0829. The number of hydrogen-bond donors (Lipinski definition) is 1. The third-order valence-electron chi connectivity index (χ3n) is 9.33. The van der Waals surface area contributed by atoms with Gasteiger partial charge in [0.05, 0.1) is 0 Å². The predicted octanol–water partition coefficient (Wildman–Crippen LogP) is 12.9. The average molecular weight is 853 g/mol. The summed E-state index contributed by atoms with van der Waals surface area (Å²) in [6.07, 6.45) is 3.22. The van der Waals surface area contributed by atoms with Crippen LogP contribution in [-0.2, 0) is 24.9 Å². The minimum absolute atomic E-state index is 0. The van der Waals surface area contributed by atoms with Crippen LogP contribution in [0.5, 0.6) is 0 Å². The molecule has 0 amide bonds. The molecule has 2 aromatic heterocycles. The number of aromatic nitrogens is 1. The molecule has 0 bridgehead atoms. The van der Waals surface area contributed by atoms with Crippen molar-refractivity contribution in [1.29, 1.82) is 0 Å². The second-order valence-electron chi connectivity index (χ2n) is 15.5. The summed E-state index contributed by atoms with van der Waals surface area (Å²) in [5.74, 6) is 0.458. The van der Waals surface area contributed by atoms with Crippen LogP contribution in [0.15, 0.2) is 113 Å². The van der Waals surface area contributed by atoms with E-state index in [1.807, 2.05) is 53.8 Å². The van der Waals surface area contributed by atoms with Crippen LogP contribution in [0.25, 0.3) is 65.9 Å². The van der Waals surface area contributed by atoms with E-state index in [1.165, 1.54) is 38.9 Å². The largest absolute Gasteiger partial charge is 0.512 e. The standard InChI is InChI=1S/C35H26NO.C11H20O2.Ir/c1-21(2)31-20-26(19-25-14-13-24-11-7-8-12-28(24)32(25)31)33-35-30(17-18-36-33)29-16-15-27(22(3)34(29)37-35)23-9-5-4-6-10-23;1-10(2,3)8(12)7-9(13)11(4,5)6;/h4-18,20-21H,1-3H3;7,12H,1-6H3;/q-1;;/b;8-7-;. The van der Waals surface area contributed by atoms with E-state index >= 15 is 0 Å². The van der Waals surface area contributed by atoms with E-state index in [4.69, 9.17) is 9.40 Å². The van der Waals surface area contributed by atoms with Gasteiger partial charge in [-0.25, -0.2) is 0 Å². The number of nitrogens with zero attached hydrogens (tertiary/aromatic N) is 1. The van der Waals surface area contributed by atoms with Crippen LogP contribution in [-0.4, -0.2) is 15.9 Å². The Morgan fingerprint density at radius 2 is 1.47 bits per heavy atom. The summed E-state index contributed by atoms with van der Waals surface area (Å²) in [7, 11) is 0. The van der Waals surface area contributed by atoms with Gasteiger partial charge in [0.2, 0.25) is 0 Å². The number of aryl methyl sites for hydroxylation is 1. The van der Waals surface area contributed by atoms with Gasteiger partial charge < -0.3 is 9.52 Å². The molecule has 7 rings (SSSR count). The van der Waals surface area contributed by atoms with E-state index < -0.39 is 5.41 Å². The van der Waals surface area contributed by atoms with Gasteiger partial charge in [-0.1, -0.05) is 133 Å². The fraction of sp³-hybridized carbons (Fsp3) is 0.261. The first-order valence-electron chi connectivity index (χ1n) is 17.3. The Hall–Kier alpha value is -4.57. The number of carbonyl (C=O) groups is 1. The molecule has 7 aromatic rings. The number of carbonyl (C=O) groups excluding carboxylic acids is 1. The van der Waals surface area contributed by atoms with Crippen LogP contribution in [0, 0.1) is 23.8 Å². The number of fused-ring (bicyclic) bond motifs is 6. The molecule has 0 aliphatic heterocycles. The molecule has 0 unspecified atom stereocenters. The number of pyridine rings is 1. The van der Waals surface area contributed by atoms with E-state index in [1.54, 1.807) is 0 Å². The molecule has 0 aliphatic carbocycles. The Labute approximate surface area is 315 Å². The number of rotatable bonds is 4. The van der Waals surface area contributed by atoms with Crippen molar-refractivity contribution in [3.05, 3.63) is 126 Å². The third kappa shape index (κ3) is 7.56. The molecule has 0 saturated heterocycles. The van der Waals surface area contributed by atoms with Crippen molar-refractivity contribution in [2.24, 2.45) is 10.8 Å². The maximum atomic E-state index is 11.5. The minimum Gasteiger partial charge on any atom is -0.512 e. The molecule has 5 aromatic carbocycles. The van der Waals surface area contributed by atoms with E-state index in [0.717, 1.165) is 44.1 Å². The Morgan fingerprint density at radius 3 is 2.14 bits per heavy atom. The molecule has 1 radical (unpaired) electrons. The minimum atomic E-state index is -0.417. The van der Waals surface area contributed by atoms with Crippen molar-refractivity contribution < 1.29 is 34.4 Å². The summed E-state index contributed by atoms with van der Waals surface area (Å²) in [6.45, 7) is 17.8. The van der Waals surface area contributed by atoms with Crippen molar-refractivity contribution in [2.75, 3.05) is 0 Å². The number of allylic oxidation sites excluding steroid dienone is 2. The molecular formula is C46H46IrNO3-. The summed E-state index contributed by atoms with van der Waals surface area (Å²) in [6, 6.07) is 35.8. The van der Waals surface area contributed by atoms with Crippen LogP contribution in [0.3, 0.4) is 0 Å². The third-order valence-corrected chi connectivity index (χ3v) is 9.33. The Bertz CT molecular complexity index is 2400. The Balaban J connectivity index is 0.000000310. The van der Waals surface area contributed by atoms with E-state index in [9.17, 15) is 9.90 Å². The fourth-order valence-corrected chi connectivity index (χ4v) is 6.26. The van der Waals surface area contributed by atoms with Gasteiger partial charge in [-0.3, -0.25) is 9.78 Å². The second-order valence-corrected chi connectivity index (χ2v) is 15.5.